The third-order valence-electron chi connectivity index (χ3n) is 3.03. The van der Waals surface area contributed by atoms with Crippen LogP contribution in [-0.4, -0.2) is 24.1 Å². The lowest BCUT2D eigenvalue weighted by molar-refractivity contribution is -0.129. The Kier molecular flexibility index (Phi) is 2.96. The predicted octanol–water partition coefficient (Wildman–Crippen LogP) is 2.59. The maximum Gasteiger partial charge on any atom is 0.258 e. The molecular weight excluding hydrogens is 214 g/mol. The number of ether oxygens (including phenoxy) is 1. The highest BCUT2D eigenvalue weighted by molar-refractivity contribution is 5.84. The van der Waals surface area contributed by atoms with Crippen LogP contribution in [0.15, 0.2) is 30.3 Å². The molecule has 1 amide bonds. The van der Waals surface area contributed by atoms with Gasteiger partial charge in [0.2, 0.25) is 0 Å². The molecule has 0 aliphatic carbocycles. The minimum atomic E-state index is -0.453. The van der Waals surface area contributed by atoms with E-state index in [0.29, 0.717) is 0 Å². The van der Waals surface area contributed by atoms with E-state index < -0.39 is 6.10 Å². The zero-order valence-electron chi connectivity index (χ0n) is 10.8. The molecule has 2 rings (SSSR count). The topological polar surface area (TPSA) is 29.5 Å². The van der Waals surface area contributed by atoms with Crippen molar-refractivity contribution in [2.24, 2.45) is 5.41 Å². The molecule has 1 aliphatic heterocycles. The van der Waals surface area contributed by atoms with Crippen molar-refractivity contribution in [1.82, 2.24) is 4.90 Å². The minimum Gasteiger partial charge on any atom is -0.340 e. The van der Waals surface area contributed by atoms with Crippen molar-refractivity contribution >= 4 is 5.91 Å². The molecule has 3 heteroatoms. The van der Waals surface area contributed by atoms with Crippen LogP contribution in [0, 0.1) is 5.41 Å². The van der Waals surface area contributed by atoms with Gasteiger partial charge in [-0.25, -0.2) is 0 Å². The van der Waals surface area contributed by atoms with Crippen LogP contribution in [0.4, 0.5) is 0 Å². The fourth-order valence-electron chi connectivity index (χ4n) is 2.21. The van der Waals surface area contributed by atoms with Crippen molar-refractivity contribution in [2.45, 2.75) is 33.1 Å². The third kappa shape index (κ3) is 2.20. The summed E-state index contributed by atoms with van der Waals surface area (Å²) in [6.45, 7) is 6.23. The molecule has 1 aliphatic rings. The molecule has 0 spiro atoms. The van der Waals surface area contributed by atoms with Crippen molar-refractivity contribution in [3.05, 3.63) is 35.9 Å². The Morgan fingerprint density at radius 1 is 1.18 bits per heavy atom. The molecule has 2 atom stereocenters. The predicted molar refractivity (Wildman–Crippen MR) is 66.3 cm³/mol. The summed E-state index contributed by atoms with van der Waals surface area (Å²) >= 11 is 0. The lowest BCUT2D eigenvalue weighted by Crippen LogP contribution is -2.39. The van der Waals surface area contributed by atoms with E-state index in [4.69, 9.17) is 4.74 Å². The number of rotatable bonds is 1. The van der Waals surface area contributed by atoms with Crippen molar-refractivity contribution in [2.75, 3.05) is 7.05 Å². The number of hydrogen-bond acceptors (Lipinski definition) is 2. The van der Waals surface area contributed by atoms with Crippen molar-refractivity contribution in [1.29, 1.82) is 0 Å². The van der Waals surface area contributed by atoms with Crippen LogP contribution >= 0.6 is 0 Å². The number of hydrogen-bond donors (Lipinski definition) is 0. The van der Waals surface area contributed by atoms with Crippen LogP contribution in [0.5, 0.6) is 0 Å². The van der Waals surface area contributed by atoms with Gasteiger partial charge in [0.25, 0.3) is 5.91 Å². The van der Waals surface area contributed by atoms with E-state index in [9.17, 15) is 4.79 Å². The summed E-state index contributed by atoms with van der Waals surface area (Å²) in [6.07, 6.45) is -0.620. The van der Waals surface area contributed by atoms with Gasteiger partial charge in [0, 0.05) is 12.5 Å². The van der Waals surface area contributed by atoms with E-state index >= 15 is 0 Å². The second-order valence-electron chi connectivity index (χ2n) is 5.59. The van der Waals surface area contributed by atoms with E-state index in [-0.39, 0.29) is 17.6 Å². The summed E-state index contributed by atoms with van der Waals surface area (Å²) in [4.78, 5) is 13.9. The molecule has 1 aromatic rings. The largest absolute Gasteiger partial charge is 0.340 e. The minimum absolute atomic E-state index is 0.0381. The standard InChI is InChI=1S/C14H19NO2/c1-14(2,3)13-15(4)12(16)11(17-13)10-8-6-5-7-9-10/h5-9,11,13H,1-4H3/t11-,13-/m0/s1. The molecule has 3 nitrogen and oxygen atoms in total. The van der Waals surface area contributed by atoms with Gasteiger partial charge in [-0.05, 0) is 5.56 Å². The van der Waals surface area contributed by atoms with Gasteiger partial charge < -0.3 is 9.64 Å². The fraction of sp³-hybridized carbons (Fsp3) is 0.500. The SMILES string of the molecule is CN1C(=O)[C@H](c2ccccc2)O[C@H]1C(C)(C)C. The quantitative estimate of drug-likeness (QED) is 0.746. The van der Waals surface area contributed by atoms with Crippen LogP contribution in [-0.2, 0) is 9.53 Å². The average Bonchev–Trinajstić information content (AvgIpc) is 2.57. The molecule has 0 N–H and O–H groups in total. The average molecular weight is 233 g/mol. The molecule has 1 heterocycles. The van der Waals surface area contributed by atoms with Gasteiger partial charge in [-0.1, -0.05) is 51.1 Å². The lowest BCUT2D eigenvalue weighted by Gasteiger charge is -2.30. The molecule has 0 radical (unpaired) electrons. The second kappa shape index (κ2) is 4.15. The molecule has 1 aromatic carbocycles. The highest BCUT2D eigenvalue weighted by atomic mass is 16.5. The zero-order valence-corrected chi connectivity index (χ0v) is 10.8. The Morgan fingerprint density at radius 2 is 1.76 bits per heavy atom. The van der Waals surface area contributed by atoms with Gasteiger partial charge in [0.15, 0.2) is 6.10 Å². The first-order valence-electron chi connectivity index (χ1n) is 5.88. The summed E-state index contributed by atoms with van der Waals surface area (Å²) in [5, 5.41) is 0. The van der Waals surface area contributed by atoms with Crippen molar-refractivity contribution in [3.63, 3.8) is 0 Å². The Morgan fingerprint density at radius 3 is 2.24 bits per heavy atom. The summed E-state index contributed by atoms with van der Waals surface area (Å²) < 4.78 is 5.91. The maximum absolute atomic E-state index is 12.2. The molecule has 1 saturated heterocycles. The van der Waals surface area contributed by atoms with E-state index in [2.05, 4.69) is 20.8 Å². The number of benzene rings is 1. The Bertz CT molecular complexity index is 408. The van der Waals surface area contributed by atoms with E-state index in [0.717, 1.165) is 5.56 Å². The van der Waals surface area contributed by atoms with E-state index in [1.54, 1.807) is 11.9 Å². The summed E-state index contributed by atoms with van der Waals surface area (Å²) in [5.41, 5.74) is 0.851. The third-order valence-corrected chi connectivity index (χ3v) is 3.03. The Labute approximate surface area is 102 Å². The first-order valence-corrected chi connectivity index (χ1v) is 5.88. The molecule has 1 fully saturated rings. The maximum atomic E-state index is 12.2. The van der Waals surface area contributed by atoms with Crippen molar-refractivity contribution < 1.29 is 9.53 Å². The van der Waals surface area contributed by atoms with Crippen LogP contribution in [0.2, 0.25) is 0 Å². The molecule has 0 saturated carbocycles. The summed E-state index contributed by atoms with van der Waals surface area (Å²) in [5.74, 6) is 0.0381. The van der Waals surface area contributed by atoms with Gasteiger partial charge in [0.1, 0.15) is 6.23 Å². The van der Waals surface area contributed by atoms with Crippen LogP contribution < -0.4 is 0 Å². The van der Waals surface area contributed by atoms with E-state index in [1.165, 1.54) is 0 Å². The molecule has 0 bridgehead atoms. The van der Waals surface area contributed by atoms with Crippen LogP contribution in [0.25, 0.3) is 0 Å². The smallest absolute Gasteiger partial charge is 0.258 e. The molecule has 92 valence electrons. The molecular formula is C14H19NO2. The number of carbonyl (C=O) groups excluding carboxylic acids is 1. The van der Waals surface area contributed by atoms with Crippen molar-refractivity contribution in [3.8, 4) is 0 Å². The zero-order chi connectivity index (χ0) is 12.6. The number of nitrogens with zero attached hydrogens (tertiary/aromatic N) is 1. The Hall–Kier alpha value is -1.35. The van der Waals surface area contributed by atoms with Gasteiger partial charge in [-0.2, -0.15) is 0 Å². The second-order valence-corrected chi connectivity index (χ2v) is 5.59. The van der Waals surface area contributed by atoms with Gasteiger partial charge in [-0.3, -0.25) is 4.79 Å². The summed E-state index contributed by atoms with van der Waals surface area (Å²) in [6, 6.07) is 9.66. The lowest BCUT2D eigenvalue weighted by atomic mass is 9.94. The molecule has 17 heavy (non-hydrogen) atoms. The Balaban J connectivity index is 2.26. The highest BCUT2D eigenvalue weighted by Gasteiger charge is 2.44. The van der Waals surface area contributed by atoms with Crippen LogP contribution in [0.1, 0.15) is 32.4 Å². The van der Waals surface area contributed by atoms with Gasteiger partial charge >= 0.3 is 0 Å². The molecule has 0 unspecified atom stereocenters. The first kappa shape index (κ1) is 12.1. The normalized spacial score (nSPS) is 25.4. The highest BCUT2D eigenvalue weighted by Crippen LogP contribution is 2.37. The van der Waals surface area contributed by atoms with E-state index in [1.807, 2.05) is 30.3 Å². The molecule has 0 aromatic heterocycles. The number of amides is 1. The monoisotopic (exact) mass is 233 g/mol. The van der Waals surface area contributed by atoms with Gasteiger partial charge in [0.05, 0.1) is 0 Å². The first-order chi connectivity index (χ1) is 7.91. The van der Waals surface area contributed by atoms with Crippen LogP contribution in [0.3, 0.4) is 0 Å². The number of carbonyl (C=O) groups is 1. The van der Waals surface area contributed by atoms with Gasteiger partial charge in [-0.15, -0.1) is 0 Å². The number of likely N-dealkylation sites (N-methyl/N-ethyl adjacent to an activating group) is 1. The fourth-order valence-corrected chi connectivity index (χ4v) is 2.21. The summed E-state index contributed by atoms with van der Waals surface area (Å²) in [7, 11) is 1.81.